The molecule has 0 spiro atoms. The lowest BCUT2D eigenvalue weighted by atomic mass is 10.1. The van der Waals surface area contributed by atoms with E-state index in [1.54, 1.807) is 24.6 Å². The molecule has 1 aliphatic heterocycles. The van der Waals surface area contributed by atoms with E-state index in [-0.39, 0.29) is 5.91 Å². The number of likely N-dealkylation sites (tertiary alicyclic amines) is 1. The third-order valence-electron chi connectivity index (χ3n) is 5.85. The van der Waals surface area contributed by atoms with Crippen molar-refractivity contribution in [3.05, 3.63) is 58.4 Å². The molecular formula is C27H38N4O3S2. The monoisotopic (exact) mass is 530 g/mol. The summed E-state index contributed by atoms with van der Waals surface area (Å²) in [5, 5.41) is 11.8. The van der Waals surface area contributed by atoms with Gasteiger partial charge in [0.25, 0.3) is 0 Å². The fourth-order valence-corrected chi connectivity index (χ4v) is 4.87. The predicted molar refractivity (Wildman–Crippen MR) is 151 cm³/mol. The first-order valence-corrected chi connectivity index (χ1v) is 13.9. The number of benzene rings is 1. The molecular weight excluding hydrogens is 492 g/mol. The number of nitrogens with one attached hydrogen (secondary N) is 3. The lowest BCUT2D eigenvalue weighted by molar-refractivity contribution is -0.120. The van der Waals surface area contributed by atoms with Crippen LogP contribution >= 0.6 is 23.6 Å². The van der Waals surface area contributed by atoms with Crippen LogP contribution in [0.1, 0.15) is 49.0 Å². The highest BCUT2D eigenvalue weighted by atomic mass is 32.1. The topological polar surface area (TPSA) is 74.9 Å². The van der Waals surface area contributed by atoms with Crippen LogP contribution in [0.25, 0.3) is 0 Å². The number of ether oxygens (including phenoxy) is 2. The zero-order valence-electron chi connectivity index (χ0n) is 21.1. The Hall–Kier alpha value is -2.62. The summed E-state index contributed by atoms with van der Waals surface area (Å²) in [5.74, 6) is 1.76. The van der Waals surface area contributed by atoms with Crippen LogP contribution in [0.15, 0.2) is 48.0 Å². The molecule has 0 atom stereocenters. The molecule has 1 saturated heterocycles. The van der Waals surface area contributed by atoms with Crippen LogP contribution in [-0.2, 0) is 17.9 Å². The number of piperidine rings is 1. The highest BCUT2D eigenvalue weighted by molar-refractivity contribution is 7.80. The van der Waals surface area contributed by atoms with Crippen molar-refractivity contribution in [2.24, 2.45) is 0 Å². The van der Waals surface area contributed by atoms with E-state index in [1.165, 1.54) is 37.2 Å². The van der Waals surface area contributed by atoms with Crippen molar-refractivity contribution in [1.82, 2.24) is 20.9 Å². The second kappa shape index (κ2) is 16.2. The molecule has 0 aliphatic carbocycles. The molecule has 1 amide bonds. The molecule has 1 aliphatic rings. The summed E-state index contributed by atoms with van der Waals surface area (Å²) in [6.45, 7) is 5.31. The van der Waals surface area contributed by atoms with E-state index in [4.69, 9.17) is 21.7 Å². The average Bonchev–Trinajstić information content (AvgIpc) is 3.35. The lowest BCUT2D eigenvalue weighted by Crippen LogP contribution is -2.35. The van der Waals surface area contributed by atoms with Gasteiger partial charge in [0.2, 0.25) is 5.91 Å². The van der Waals surface area contributed by atoms with Gasteiger partial charge in [0.1, 0.15) is 11.5 Å². The molecule has 2 heterocycles. The second-order valence-corrected chi connectivity index (χ2v) is 10.2. The van der Waals surface area contributed by atoms with E-state index < -0.39 is 0 Å². The average molecular weight is 531 g/mol. The molecule has 1 fully saturated rings. The maximum Gasteiger partial charge on any atom is 0.223 e. The first kappa shape index (κ1) is 28.0. The van der Waals surface area contributed by atoms with Gasteiger partial charge in [-0.25, -0.2) is 0 Å². The van der Waals surface area contributed by atoms with Crippen molar-refractivity contribution in [3.8, 4) is 11.5 Å². The van der Waals surface area contributed by atoms with Gasteiger partial charge in [-0.15, -0.1) is 11.3 Å². The number of rotatable bonds is 14. The summed E-state index contributed by atoms with van der Waals surface area (Å²) < 4.78 is 11.0. The highest BCUT2D eigenvalue weighted by Gasteiger charge is 2.11. The lowest BCUT2D eigenvalue weighted by Gasteiger charge is -2.25. The minimum absolute atomic E-state index is 0.00809. The van der Waals surface area contributed by atoms with Gasteiger partial charge in [0, 0.05) is 42.7 Å². The van der Waals surface area contributed by atoms with Crippen LogP contribution in [-0.4, -0.2) is 49.3 Å². The van der Waals surface area contributed by atoms with Crippen molar-refractivity contribution in [2.45, 2.75) is 51.6 Å². The van der Waals surface area contributed by atoms with E-state index in [0.29, 0.717) is 37.7 Å². The summed E-state index contributed by atoms with van der Waals surface area (Å²) in [6, 6.07) is 9.98. The Kier molecular flexibility index (Phi) is 12.6. The molecule has 196 valence electrons. The first-order valence-electron chi connectivity index (χ1n) is 12.6. The third-order valence-corrected chi connectivity index (χ3v) is 7.04. The number of hydrogen-bond acceptors (Lipinski definition) is 6. The molecule has 36 heavy (non-hydrogen) atoms. The van der Waals surface area contributed by atoms with Crippen molar-refractivity contribution in [1.29, 1.82) is 0 Å². The van der Waals surface area contributed by atoms with Crippen LogP contribution in [0.5, 0.6) is 11.5 Å². The Balaban J connectivity index is 1.17. The smallest absolute Gasteiger partial charge is 0.223 e. The van der Waals surface area contributed by atoms with Crippen molar-refractivity contribution in [2.75, 3.05) is 33.4 Å². The Labute approximate surface area is 224 Å². The van der Waals surface area contributed by atoms with Gasteiger partial charge in [-0.3, -0.25) is 9.69 Å². The minimum Gasteiger partial charge on any atom is -0.497 e. The normalized spacial score (nSPS) is 13.9. The fraction of sp³-hybridized carbons (Fsp3) is 0.481. The molecule has 0 unspecified atom stereocenters. The maximum atomic E-state index is 12.0. The van der Waals surface area contributed by atoms with Gasteiger partial charge in [0.15, 0.2) is 5.11 Å². The van der Waals surface area contributed by atoms with E-state index in [1.807, 2.05) is 30.3 Å². The first-order chi connectivity index (χ1) is 17.6. The summed E-state index contributed by atoms with van der Waals surface area (Å²) in [5.41, 5.74) is 1.12. The summed E-state index contributed by atoms with van der Waals surface area (Å²) >= 11 is 7.06. The zero-order valence-corrected chi connectivity index (χ0v) is 22.7. The molecule has 0 radical (unpaired) electrons. The largest absolute Gasteiger partial charge is 0.497 e. The zero-order chi connectivity index (χ0) is 25.4. The van der Waals surface area contributed by atoms with Crippen LogP contribution in [0.2, 0.25) is 0 Å². The summed E-state index contributed by atoms with van der Waals surface area (Å²) in [6.07, 6.45) is 9.49. The number of methoxy groups -OCH3 is 1. The van der Waals surface area contributed by atoms with Gasteiger partial charge >= 0.3 is 0 Å². The number of hydrogen-bond donors (Lipinski definition) is 3. The Morgan fingerprint density at radius 3 is 2.72 bits per heavy atom. The van der Waals surface area contributed by atoms with Crippen LogP contribution in [0, 0.1) is 0 Å². The van der Waals surface area contributed by atoms with Gasteiger partial charge in [-0.05, 0) is 74.5 Å². The molecule has 3 N–H and O–H groups in total. The number of nitrogens with zero attached hydrogens (tertiary/aromatic N) is 1. The Morgan fingerprint density at radius 2 is 1.94 bits per heavy atom. The molecule has 1 aromatic heterocycles. The molecule has 2 aromatic rings. The summed E-state index contributed by atoms with van der Waals surface area (Å²) in [4.78, 5) is 15.9. The predicted octanol–water partition coefficient (Wildman–Crippen LogP) is 4.59. The second-order valence-electron chi connectivity index (χ2n) is 8.75. The van der Waals surface area contributed by atoms with Gasteiger partial charge < -0.3 is 25.4 Å². The van der Waals surface area contributed by atoms with Crippen molar-refractivity contribution in [3.63, 3.8) is 0 Å². The van der Waals surface area contributed by atoms with Gasteiger partial charge in [-0.1, -0.05) is 24.6 Å². The maximum absolute atomic E-state index is 12.0. The number of carbonyl (C=O) groups is 1. The van der Waals surface area contributed by atoms with Gasteiger partial charge in [0.05, 0.1) is 13.7 Å². The van der Waals surface area contributed by atoms with Crippen LogP contribution < -0.4 is 25.4 Å². The highest BCUT2D eigenvalue weighted by Crippen LogP contribution is 2.24. The molecule has 9 heteroatoms. The Bertz CT molecular complexity index is 956. The standard InChI is InChI=1S/C27H38N4O3S2/c1-33-23-11-9-22(10-12-23)19-30-27(35)29-14-7-8-26(32)28-13-3-6-17-34-24-18-25(36-21-24)20-31-15-4-2-5-16-31/h3,9-13,18,21H,2,4-8,14-17,19-20H2,1H3,(H,28,32)(H2,29,30,35)/b13-3-. The van der Waals surface area contributed by atoms with Gasteiger partial charge in [-0.2, -0.15) is 0 Å². The minimum atomic E-state index is -0.00809. The SMILES string of the molecule is COc1ccc(CNC(=S)NCCCC(=O)N/C=C\CCOc2csc(CN3CCCCC3)c2)cc1. The Morgan fingerprint density at radius 1 is 1.14 bits per heavy atom. The van der Waals surface area contributed by atoms with Crippen LogP contribution in [0.4, 0.5) is 0 Å². The van der Waals surface area contributed by atoms with E-state index in [2.05, 4.69) is 32.3 Å². The quantitative estimate of drug-likeness (QED) is 0.244. The number of carbonyl (C=O) groups excluding carboxylic acids is 1. The molecule has 7 nitrogen and oxygen atoms in total. The molecule has 1 aromatic carbocycles. The summed E-state index contributed by atoms with van der Waals surface area (Å²) in [7, 11) is 1.65. The van der Waals surface area contributed by atoms with E-state index >= 15 is 0 Å². The number of thiophene rings is 1. The molecule has 0 saturated carbocycles. The fourth-order valence-electron chi connectivity index (χ4n) is 3.85. The van der Waals surface area contributed by atoms with Crippen LogP contribution in [0.3, 0.4) is 0 Å². The van der Waals surface area contributed by atoms with E-state index in [9.17, 15) is 4.79 Å². The van der Waals surface area contributed by atoms with Crippen molar-refractivity contribution < 1.29 is 14.3 Å². The number of thiocarbonyl (C=S) groups is 1. The van der Waals surface area contributed by atoms with Crippen molar-refractivity contribution >= 4 is 34.6 Å². The molecule has 0 bridgehead atoms. The number of amides is 1. The third kappa shape index (κ3) is 11.0. The van der Waals surface area contributed by atoms with E-state index in [0.717, 1.165) is 30.0 Å². The molecule has 3 rings (SSSR count).